The Kier molecular flexibility index (Phi) is 5.08. The van der Waals surface area contributed by atoms with Crippen LogP contribution in [0.1, 0.15) is 8.22 Å². The minimum Gasteiger partial charge on any atom is -0.456 e. The van der Waals surface area contributed by atoms with Crippen molar-refractivity contribution in [1.29, 1.82) is 0 Å². The highest BCUT2D eigenvalue weighted by atomic mass is 32.1. The van der Waals surface area contributed by atoms with E-state index in [1.807, 2.05) is 91.0 Å². The standard InChI is InChI=1S/C45H25N3OS2/c1-2-9-26(10-3-1)43-46-44(28-18-21-34-33-12-5-7-16-39(33)50-40(34)24-28)48-45(47-43)29-19-22-35-36-14-8-13-30(42(36)51-41(35)25-29)27-17-20-32-31-11-4-6-15-37(31)49-38(32)23-27/h1-25H/i8D,13D,14D,19D,22D,25D. The number of aromatic nitrogens is 3. The average molecular weight is 694 g/mol. The number of rotatable bonds is 4. The summed E-state index contributed by atoms with van der Waals surface area (Å²) in [7, 11) is 0. The quantitative estimate of drug-likeness (QED) is 0.184. The van der Waals surface area contributed by atoms with Crippen LogP contribution in [-0.4, -0.2) is 15.0 Å². The first-order valence-corrected chi connectivity index (χ1v) is 18.0. The SMILES string of the molecule is [2H]c1c([2H])c([2H])c2c(sc3c([2H])c(-c4nc(-c5ccccc5)nc(-c5ccc6c(c5)sc5ccccc56)n4)c([2H])c([2H])c32)c1-c1ccc2c(c1)oc1ccccc12. The molecule has 238 valence electrons. The molecule has 0 fully saturated rings. The Labute approximate surface area is 308 Å². The van der Waals surface area contributed by atoms with Gasteiger partial charge in [0.2, 0.25) is 0 Å². The van der Waals surface area contributed by atoms with E-state index in [4.69, 9.17) is 23.5 Å². The lowest BCUT2D eigenvalue weighted by Gasteiger charge is -2.09. The van der Waals surface area contributed by atoms with Crippen molar-refractivity contribution in [1.82, 2.24) is 15.0 Å². The molecular weight excluding hydrogens is 663 g/mol. The summed E-state index contributed by atoms with van der Waals surface area (Å²) in [4.78, 5) is 14.6. The van der Waals surface area contributed by atoms with Crippen molar-refractivity contribution in [3.8, 4) is 45.3 Å². The number of nitrogens with zero attached hydrogens (tertiary/aromatic N) is 3. The largest absolute Gasteiger partial charge is 0.456 e. The molecule has 11 aromatic rings. The van der Waals surface area contributed by atoms with Crippen LogP contribution in [0.5, 0.6) is 0 Å². The molecule has 0 unspecified atom stereocenters. The minimum atomic E-state index is -0.298. The molecule has 6 heteroatoms. The average Bonchev–Trinajstić information content (AvgIpc) is 3.94. The third-order valence-electron chi connectivity index (χ3n) is 9.26. The van der Waals surface area contributed by atoms with Crippen LogP contribution in [0.3, 0.4) is 0 Å². The molecule has 0 bridgehead atoms. The lowest BCUT2D eigenvalue weighted by molar-refractivity contribution is 0.669. The molecule has 0 spiro atoms. The normalized spacial score (nSPS) is 13.6. The second kappa shape index (κ2) is 11.2. The summed E-state index contributed by atoms with van der Waals surface area (Å²) in [6.07, 6.45) is 0. The van der Waals surface area contributed by atoms with Crippen LogP contribution in [0.15, 0.2) is 156 Å². The molecule has 0 aliphatic rings. The monoisotopic (exact) mass is 693 g/mol. The molecule has 0 radical (unpaired) electrons. The third-order valence-corrected chi connectivity index (χ3v) is 11.5. The topological polar surface area (TPSA) is 51.8 Å². The van der Waals surface area contributed by atoms with Crippen LogP contribution in [0, 0.1) is 0 Å². The lowest BCUT2D eigenvalue weighted by atomic mass is 10.0. The van der Waals surface area contributed by atoms with Gasteiger partial charge in [-0.1, -0.05) is 115 Å². The van der Waals surface area contributed by atoms with Crippen LogP contribution in [0.25, 0.3) is 108 Å². The van der Waals surface area contributed by atoms with E-state index in [1.165, 1.54) is 21.4 Å². The van der Waals surface area contributed by atoms with Crippen molar-refractivity contribution in [3.05, 3.63) is 152 Å². The van der Waals surface area contributed by atoms with Gasteiger partial charge in [0, 0.05) is 67.8 Å². The van der Waals surface area contributed by atoms with E-state index in [-0.39, 0.29) is 58.4 Å². The van der Waals surface area contributed by atoms with Crippen LogP contribution in [0.2, 0.25) is 0 Å². The van der Waals surface area contributed by atoms with Crippen molar-refractivity contribution in [2.45, 2.75) is 0 Å². The van der Waals surface area contributed by atoms with Crippen molar-refractivity contribution < 1.29 is 12.6 Å². The Balaban J connectivity index is 1.15. The first-order valence-electron chi connectivity index (χ1n) is 19.4. The molecule has 0 aliphatic heterocycles. The van der Waals surface area contributed by atoms with Gasteiger partial charge in [-0.25, -0.2) is 15.0 Å². The zero-order chi connectivity index (χ0) is 38.7. The van der Waals surface area contributed by atoms with Gasteiger partial charge in [-0.15, -0.1) is 22.7 Å². The Morgan fingerprint density at radius 1 is 0.451 bits per heavy atom. The van der Waals surface area contributed by atoms with Gasteiger partial charge in [0.1, 0.15) is 11.2 Å². The fourth-order valence-electron chi connectivity index (χ4n) is 6.81. The smallest absolute Gasteiger partial charge is 0.164 e. The summed E-state index contributed by atoms with van der Waals surface area (Å²) in [6, 6.07) is 36.0. The molecule has 0 N–H and O–H groups in total. The first-order chi connectivity index (χ1) is 27.7. The van der Waals surface area contributed by atoms with Gasteiger partial charge in [-0.05, 0) is 47.5 Å². The summed E-state index contributed by atoms with van der Waals surface area (Å²) in [5.41, 5.74) is 3.92. The number of hydrogen-bond donors (Lipinski definition) is 0. The third kappa shape index (κ3) is 4.61. The summed E-state index contributed by atoms with van der Waals surface area (Å²) < 4.78 is 64.6. The molecule has 4 aromatic heterocycles. The maximum absolute atomic E-state index is 9.63. The maximum atomic E-state index is 9.63. The van der Waals surface area contributed by atoms with Gasteiger partial charge in [0.15, 0.2) is 17.5 Å². The van der Waals surface area contributed by atoms with E-state index in [0.29, 0.717) is 37.8 Å². The maximum Gasteiger partial charge on any atom is 0.164 e. The predicted molar refractivity (Wildman–Crippen MR) is 215 cm³/mol. The van der Waals surface area contributed by atoms with Crippen molar-refractivity contribution in [3.63, 3.8) is 0 Å². The minimum absolute atomic E-state index is 0.0665. The van der Waals surface area contributed by atoms with Gasteiger partial charge in [0.05, 0.1) is 8.22 Å². The van der Waals surface area contributed by atoms with Gasteiger partial charge in [-0.3, -0.25) is 0 Å². The summed E-state index contributed by atoms with van der Waals surface area (Å²) in [5, 5.41) is 4.68. The fourth-order valence-corrected chi connectivity index (χ4v) is 9.09. The van der Waals surface area contributed by atoms with Gasteiger partial charge < -0.3 is 4.42 Å². The molecule has 51 heavy (non-hydrogen) atoms. The lowest BCUT2D eigenvalue weighted by Crippen LogP contribution is -2.00. The van der Waals surface area contributed by atoms with E-state index in [2.05, 4.69) is 24.3 Å². The number of para-hydroxylation sites is 1. The Morgan fingerprint density at radius 2 is 1.16 bits per heavy atom. The number of thiophene rings is 2. The van der Waals surface area contributed by atoms with E-state index in [9.17, 15) is 4.11 Å². The number of furan rings is 1. The van der Waals surface area contributed by atoms with E-state index < -0.39 is 0 Å². The van der Waals surface area contributed by atoms with Crippen LogP contribution in [0.4, 0.5) is 0 Å². The van der Waals surface area contributed by atoms with Crippen molar-refractivity contribution in [2.24, 2.45) is 0 Å². The predicted octanol–water partition coefficient (Wildman–Crippen LogP) is 13.2. The van der Waals surface area contributed by atoms with E-state index in [0.717, 1.165) is 37.6 Å². The molecule has 4 nitrogen and oxygen atoms in total. The van der Waals surface area contributed by atoms with Gasteiger partial charge >= 0.3 is 0 Å². The van der Waals surface area contributed by atoms with E-state index in [1.54, 1.807) is 11.3 Å². The molecule has 0 amide bonds. The second-order valence-corrected chi connectivity index (χ2v) is 14.4. The molecule has 7 aromatic carbocycles. The number of fused-ring (bicyclic) bond motifs is 9. The molecule has 4 heterocycles. The molecule has 0 atom stereocenters. The van der Waals surface area contributed by atoms with Crippen LogP contribution >= 0.6 is 22.7 Å². The zero-order valence-corrected chi connectivity index (χ0v) is 28.2. The molecule has 0 saturated carbocycles. The summed E-state index contributed by atoms with van der Waals surface area (Å²) in [5.74, 6) is 0.819. The Morgan fingerprint density at radius 3 is 2.06 bits per heavy atom. The molecule has 0 aliphatic carbocycles. The van der Waals surface area contributed by atoms with Crippen molar-refractivity contribution in [2.75, 3.05) is 0 Å². The molecule has 11 rings (SSSR count). The van der Waals surface area contributed by atoms with Gasteiger partial charge in [-0.2, -0.15) is 0 Å². The molecule has 0 saturated heterocycles. The molecular formula is C45H25N3OS2. The Bertz CT molecular complexity index is 3510. The van der Waals surface area contributed by atoms with Crippen molar-refractivity contribution >= 4 is 85.0 Å². The zero-order valence-electron chi connectivity index (χ0n) is 32.5. The highest BCUT2D eigenvalue weighted by molar-refractivity contribution is 7.26. The Hall–Kier alpha value is -6.21. The summed E-state index contributed by atoms with van der Waals surface area (Å²) >= 11 is 2.86. The van der Waals surface area contributed by atoms with E-state index >= 15 is 0 Å². The fraction of sp³-hybridized carbons (Fsp3) is 0. The second-order valence-electron chi connectivity index (χ2n) is 12.3. The first kappa shape index (κ1) is 23.2. The number of hydrogen-bond acceptors (Lipinski definition) is 6. The summed E-state index contributed by atoms with van der Waals surface area (Å²) in [6.45, 7) is 0. The highest BCUT2D eigenvalue weighted by Gasteiger charge is 2.17. The van der Waals surface area contributed by atoms with Gasteiger partial charge in [0.25, 0.3) is 0 Å². The van der Waals surface area contributed by atoms with Crippen LogP contribution in [-0.2, 0) is 0 Å². The van der Waals surface area contributed by atoms with Crippen LogP contribution < -0.4 is 0 Å². The highest BCUT2D eigenvalue weighted by Crippen LogP contribution is 2.43. The number of benzene rings is 7.